The Morgan fingerprint density at radius 1 is 1.32 bits per heavy atom. The van der Waals surface area contributed by atoms with E-state index < -0.39 is 0 Å². The second-order valence-corrected chi connectivity index (χ2v) is 6.23. The Labute approximate surface area is 145 Å². The van der Waals surface area contributed by atoms with E-state index in [0.717, 1.165) is 19.6 Å². The van der Waals surface area contributed by atoms with E-state index in [2.05, 4.69) is 20.2 Å². The van der Waals surface area contributed by atoms with E-state index in [9.17, 15) is 4.79 Å². The number of rotatable bonds is 4. The van der Waals surface area contributed by atoms with E-state index in [1.807, 2.05) is 35.1 Å². The summed E-state index contributed by atoms with van der Waals surface area (Å²) in [5.74, 6) is 0.628. The zero-order chi connectivity index (χ0) is 17.2. The Balaban J connectivity index is 1.35. The van der Waals surface area contributed by atoms with Gasteiger partial charge >= 0.3 is 0 Å². The standard InChI is InChI=1S/C17H20N6O2/c1-21-11-13(10-18-21)12-22-4-6-23(7-5-22)17(24)15-9-14(19-20-15)16-3-2-8-25-16/h2-3,8-11H,4-7,12H2,1H3,(H,19,20). The van der Waals surface area contributed by atoms with Gasteiger partial charge in [-0.25, -0.2) is 0 Å². The smallest absolute Gasteiger partial charge is 0.274 e. The molecule has 0 aromatic carbocycles. The van der Waals surface area contributed by atoms with Gasteiger partial charge in [0.15, 0.2) is 11.5 Å². The lowest BCUT2D eigenvalue weighted by Gasteiger charge is -2.34. The predicted octanol–water partition coefficient (Wildman–Crippen LogP) is 1.36. The SMILES string of the molecule is Cn1cc(CN2CCN(C(=O)c3cc(-c4ccco4)[nH]n3)CC2)cn1. The minimum atomic E-state index is -0.0462. The van der Waals surface area contributed by atoms with Crippen LogP contribution in [-0.4, -0.2) is 61.9 Å². The first-order valence-electron chi connectivity index (χ1n) is 8.27. The van der Waals surface area contributed by atoms with Crippen molar-refractivity contribution >= 4 is 5.91 Å². The van der Waals surface area contributed by atoms with Gasteiger partial charge in [-0.15, -0.1) is 0 Å². The zero-order valence-corrected chi connectivity index (χ0v) is 14.1. The third-order valence-corrected chi connectivity index (χ3v) is 4.41. The average Bonchev–Trinajstić information content (AvgIpc) is 3.36. The topological polar surface area (TPSA) is 83.2 Å². The third kappa shape index (κ3) is 3.34. The van der Waals surface area contributed by atoms with E-state index in [4.69, 9.17) is 4.42 Å². The molecule has 0 saturated carbocycles. The molecule has 3 aromatic heterocycles. The maximum atomic E-state index is 12.6. The summed E-state index contributed by atoms with van der Waals surface area (Å²) in [6.07, 6.45) is 5.51. The van der Waals surface area contributed by atoms with Crippen molar-refractivity contribution in [3.05, 3.63) is 48.1 Å². The average molecular weight is 340 g/mol. The molecule has 8 nitrogen and oxygen atoms in total. The fraction of sp³-hybridized carbons (Fsp3) is 0.353. The van der Waals surface area contributed by atoms with Gasteiger partial charge in [-0.1, -0.05) is 0 Å². The number of aromatic nitrogens is 4. The molecule has 3 aromatic rings. The zero-order valence-electron chi connectivity index (χ0n) is 14.1. The molecule has 0 spiro atoms. The van der Waals surface area contributed by atoms with Gasteiger partial charge in [0.25, 0.3) is 5.91 Å². The second kappa shape index (κ2) is 6.56. The molecule has 4 rings (SSSR count). The number of H-pyrrole nitrogens is 1. The van der Waals surface area contributed by atoms with Crippen LogP contribution in [0.1, 0.15) is 16.1 Å². The van der Waals surface area contributed by atoms with Gasteiger partial charge in [-0.05, 0) is 12.1 Å². The lowest BCUT2D eigenvalue weighted by Crippen LogP contribution is -2.48. The molecule has 4 heterocycles. The molecule has 1 amide bonds. The number of nitrogens with one attached hydrogen (secondary N) is 1. The number of carbonyl (C=O) groups is 1. The molecule has 8 heteroatoms. The first kappa shape index (κ1) is 15.6. The van der Waals surface area contributed by atoms with Crippen LogP contribution in [0.25, 0.3) is 11.5 Å². The van der Waals surface area contributed by atoms with Crippen LogP contribution in [0.2, 0.25) is 0 Å². The highest BCUT2D eigenvalue weighted by Crippen LogP contribution is 2.19. The van der Waals surface area contributed by atoms with Gasteiger partial charge < -0.3 is 9.32 Å². The fourth-order valence-electron chi connectivity index (χ4n) is 3.07. The summed E-state index contributed by atoms with van der Waals surface area (Å²) in [5.41, 5.74) is 2.33. The number of hydrogen-bond donors (Lipinski definition) is 1. The molecular formula is C17H20N6O2. The molecule has 0 unspecified atom stereocenters. The normalized spacial score (nSPS) is 15.6. The minimum Gasteiger partial charge on any atom is -0.463 e. The fourth-order valence-corrected chi connectivity index (χ4v) is 3.07. The van der Waals surface area contributed by atoms with Crippen LogP contribution in [0.3, 0.4) is 0 Å². The number of aromatic amines is 1. The van der Waals surface area contributed by atoms with Crippen LogP contribution in [0.4, 0.5) is 0 Å². The predicted molar refractivity (Wildman–Crippen MR) is 90.7 cm³/mol. The van der Waals surface area contributed by atoms with Gasteiger partial charge in [0.2, 0.25) is 0 Å². The molecule has 130 valence electrons. The van der Waals surface area contributed by atoms with E-state index >= 15 is 0 Å². The first-order chi connectivity index (χ1) is 12.2. The monoisotopic (exact) mass is 340 g/mol. The number of carbonyl (C=O) groups excluding carboxylic acids is 1. The molecule has 1 N–H and O–H groups in total. The Hall–Kier alpha value is -2.87. The number of aryl methyl sites for hydroxylation is 1. The number of piperazine rings is 1. The molecule has 0 aliphatic carbocycles. The Morgan fingerprint density at radius 2 is 2.16 bits per heavy atom. The Morgan fingerprint density at radius 3 is 2.84 bits per heavy atom. The van der Waals surface area contributed by atoms with Crippen LogP contribution >= 0.6 is 0 Å². The van der Waals surface area contributed by atoms with Crippen molar-refractivity contribution in [2.45, 2.75) is 6.54 Å². The highest BCUT2D eigenvalue weighted by atomic mass is 16.3. The summed E-state index contributed by atoms with van der Waals surface area (Å²) in [7, 11) is 1.92. The van der Waals surface area contributed by atoms with Crippen molar-refractivity contribution in [3.8, 4) is 11.5 Å². The highest BCUT2D eigenvalue weighted by Gasteiger charge is 2.24. The Bertz CT molecular complexity index is 842. The summed E-state index contributed by atoms with van der Waals surface area (Å²) < 4.78 is 7.13. The summed E-state index contributed by atoms with van der Waals surface area (Å²) >= 11 is 0. The summed E-state index contributed by atoms with van der Waals surface area (Å²) in [4.78, 5) is 16.8. The van der Waals surface area contributed by atoms with Gasteiger partial charge in [0, 0.05) is 57.6 Å². The molecule has 0 bridgehead atoms. The van der Waals surface area contributed by atoms with Crippen molar-refractivity contribution in [2.24, 2.45) is 7.05 Å². The van der Waals surface area contributed by atoms with E-state index in [-0.39, 0.29) is 5.91 Å². The molecule has 0 radical (unpaired) electrons. The number of furan rings is 1. The van der Waals surface area contributed by atoms with Gasteiger partial charge in [0.1, 0.15) is 5.69 Å². The maximum Gasteiger partial charge on any atom is 0.274 e. The second-order valence-electron chi connectivity index (χ2n) is 6.23. The summed E-state index contributed by atoms with van der Waals surface area (Å²) in [6, 6.07) is 5.38. The van der Waals surface area contributed by atoms with Crippen molar-refractivity contribution < 1.29 is 9.21 Å². The quantitative estimate of drug-likeness (QED) is 0.775. The van der Waals surface area contributed by atoms with Crippen molar-refractivity contribution in [1.29, 1.82) is 0 Å². The van der Waals surface area contributed by atoms with E-state index in [1.165, 1.54) is 5.56 Å². The molecule has 25 heavy (non-hydrogen) atoms. The highest BCUT2D eigenvalue weighted by molar-refractivity contribution is 5.93. The van der Waals surface area contributed by atoms with Crippen molar-refractivity contribution in [2.75, 3.05) is 26.2 Å². The van der Waals surface area contributed by atoms with Crippen LogP contribution < -0.4 is 0 Å². The number of hydrogen-bond acceptors (Lipinski definition) is 5. The number of nitrogens with zero attached hydrogens (tertiary/aromatic N) is 5. The third-order valence-electron chi connectivity index (χ3n) is 4.41. The summed E-state index contributed by atoms with van der Waals surface area (Å²) in [5, 5.41) is 11.2. The van der Waals surface area contributed by atoms with E-state index in [0.29, 0.717) is 30.2 Å². The van der Waals surface area contributed by atoms with Crippen LogP contribution in [0, 0.1) is 0 Å². The lowest BCUT2D eigenvalue weighted by molar-refractivity contribution is 0.0622. The lowest BCUT2D eigenvalue weighted by atomic mass is 10.2. The first-order valence-corrected chi connectivity index (χ1v) is 8.27. The molecule has 1 aliphatic heterocycles. The largest absolute Gasteiger partial charge is 0.463 e. The van der Waals surface area contributed by atoms with Crippen molar-refractivity contribution in [1.82, 2.24) is 29.8 Å². The molecule has 1 saturated heterocycles. The van der Waals surface area contributed by atoms with Crippen LogP contribution in [0.5, 0.6) is 0 Å². The van der Waals surface area contributed by atoms with Gasteiger partial charge in [-0.3, -0.25) is 19.5 Å². The maximum absolute atomic E-state index is 12.6. The minimum absolute atomic E-state index is 0.0462. The molecular weight excluding hydrogens is 320 g/mol. The molecule has 1 aliphatic rings. The van der Waals surface area contributed by atoms with Gasteiger partial charge in [0.05, 0.1) is 12.5 Å². The Kier molecular flexibility index (Phi) is 4.10. The summed E-state index contributed by atoms with van der Waals surface area (Å²) in [6.45, 7) is 3.94. The molecule has 1 fully saturated rings. The number of amides is 1. The van der Waals surface area contributed by atoms with Crippen LogP contribution in [-0.2, 0) is 13.6 Å². The van der Waals surface area contributed by atoms with Gasteiger partial charge in [-0.2, -0.15) is 10.2 Å². The molecule has 0 atom stereocenters. The van der Waals surface area contributed by atoms with E-state index in [1.54, 1.807) is 18.4 Å². The van der Waals surface area contributed by atoms with Crippen LogP contribution in [0.15, 0.2) is 41.3 Å². The van der Waals surface area contributed by atoms with Crippen molar-refractivity contribution in [3.63, 3.8) is 0 Å².